The normalized spacial score (nSPS) is 11.0. The topological polar surface area (TPSA) is 46.4 Å². The molecule has 0 aliphatic rings. The van der Waals surface area contributed by atoms with Crippen molar-refractivity contribution >= 4 is 56.4 Å². The number of pyridine rings is 1. The van der Waals surface area contributed by atoms with E-state index in [0.717, 1.165) is 15.7 Å². The number of aryl methyl sites for hydroxylation is 2. The summed E-state index contributed by atoms with van der Waals surface area (Å²) < 4.78 is 2.65. The zero-order valence-corrected chi connectivity index (χ0v) is 15.4. The molecule has 0 radical (unpaired) electrons. The molecule has 23 heavy (non-hydrogen) atoms. The predicted molar refractivity (Wildman–Crippen MR) is 96.8 cm³/mol. The number of nitrogens with one attached hydrogen (secondary N) is 1. The number of hydrogen-bond donors (Lipinski definition) is 1. The van der Waals surface area contributed by atoms with E-state index in [0.29, 0.717) is 27.1 Å². The number of carbonyl (C=O) groups excluding carboxylic acids is 1. The second-order valence-electron chi connectivity index (χ2n) is 5.19. The van der Waals surface area contributed by atoms with Crippen molar-refractivity contribution in [2.24, 2.45) is 0 Å². The van der Waals surface area contributed by atoms with Crippen molar-refractivity contribution in [2.75, 3.05) is 5.32 Å². The molecule has 2 heterocycles. The molecule has 0 unspecified atom stereocenters. The van der Waals surface area contributed by atoms with Crippen LogP contribution in [0, 0.1) is 13.8 Å². The number of carbonyl (C=O) groups is 1. The molecule has 0 fully saturated rings. The van der Waals surface area contributed by atoms with Gasteiger partial charge in [0.2, 0.25) is 0 Å². The van der Waals surface area contributed by atoms with Crippen molar-refractivity contribution in [1.29, 1.82) is 0 Å². The average Bonchev–Trinajstić information content (AvgIpc) is 2.74. The van der Waals surface area contributed by atoms with E-state index in [2.05, 4.69) is 26.2 Å². The Balaban J connectivity index is 2.05. The zero-order valence-electron chi connectivity index (χ0n) is 12.3. The molecule has 0 saturated carbocycles. The van der Waals surface area contributed by atoms with Crippen LogP contribution < -0.4 is 5.32 Å². The summed E-state index contributed by atoms with van der Waals surface area (Å²) in [5, 5.41) is 3.73. The van der Waals surface area contributed by atoms with Crippen LogP contribution in [0.25, 0.3) is 5.65 Å². The van der Waals surface area contributed by atoms with Crippen LogP contribution in [-0.2, 0) is 0 Å². The molecule has 0 aliphatic carbocycles. The van der Waals surface area contributed by atoms with Gasteiger partial charge in [-0.1, -0.05) is 23.2 Å². The molecule has 0 saturated heterocycles. The largest absolute Gasteiger partial charge is 0.321 e. The minimum absolute atomic E-state index is 0.272. The summed E-state index contributed by atoms with van der Waals surface area (Å²) in [5.41, 5.74) is 3.39. The summed E-state index contributed by atoms with van der Waals surface area (Å²) >= 11 is 15.4. The fraction of sp³-hybridized carbons (Fsp3) is 0.125. The Labute approximate surface area is 151 Å². The van der Waals surface area contributed by atoms with Gasteiger partial charge < -0.3 is 5.32 Å². The van der Waals surface area contributed by atoms with Gasteiger partial charge in [-0.15, -0.1) is 0 Å². The summed E-state index contributed by atoms with van der Waals surface area (Å²) in [5.74, 6) is -0.272. The van der Waals surface area contributed by atoms with E-state index in [9.17, 15) is 4.79 Å². The van der Waals surface area contributed by atoms with Gasteiger partial charge in [-0.2, -0.15) is 0 Å². The maximum absolute atomic E-state index is 12.7. The fourth-order valence-corrected chi connectivity index (χ4v) is 3.55. The van der Waals surface area contributed by atoms with E-state index in [1.807, 2.05) is 19.2 Å². The first-order valence-corrected chi connectivity index (χ1v) is 8.32. The van der Waals surface area contributed by atoms with E-state index >= 15 is 0 Å². The summed E-state index contributed by atoms with van der Waals surface area (Å²) in [7, 11) is 0. The van der Waals surface area contributed by atoms with Crippen molar-refractivity contribution in [1.82, 2.24) is 9.38 Å². The lowest BCUT2D eigenvalue weighted by Crippen LogP contribution is -2.15. The van der Waals surface area contributed by atoms with Crippen molar-refractivity contribution in [2.45, 2.75) is 13.8 Å². The number of benzene rings is 1. The number of amides is 1. The quantitative estimate of drug-likeness (QED) is 0.622. The lowest BCUT2D eigenvalue weighted by atomic mass is 10.2. The van der Waals surface area contributed by atoms with Crippen LogP contribution >= 0.6 is 39.1 Å². The van der Waals surface area contributed by atoms with Crippen molar-refractivity contribution in [3.63, 3.8) is 0 Å². The molecule has 0 aliphatic heterocycles. The summed E-state index contributed by atoms with van der Waals surface area (Å²) in [6.07, 6.45) is 1.82. The summed E-state index contributed by atoms with van der Waals surface area (Å²) in [6.45, 7) is 3.76. The highest BCUT2D eigenvalue weighted by atomic mass is 79.9. The number of aromatic nitrogens is 2. The fourth-order valence-electron chi connectivity index (χ4n) is 2.47. The zero-order chi connectivity index (χ0) is 16.7. The Morgan fingerprint density at radius 2 is 1.83 bits per heavy atom. The molecule has 3 rings (SSSR count). The lowest BCUT2D eigenvalue weighted by molar-refractivity contribution is 0.102. The maximum Gasteiger partial charge on any atom is 0.274 e. The predicted octanol–water partition coefficient (Wildman–Crippen LogP) is 5.27. The standard InChI is InChI=1S/C16H12BrCl2N3O/c1-8-3-10(17)7-22-14(9(2)20-15(8)22)16(23)21-13-5-11(18)4-12(19)6-13/h3-7H,1-2H3,(H,21,23). The van der Waals surface area contributed by atoms with Crippen LogP contribution in [0.2, 0.25) is 10.0 Å². The van der Waals surface area contributed by atoms with Gasteiger partial charge in [-0.05, 0) is 59.6 Å². The van der Waals surface area contributed by atoms with Crippen LogP contribution in [0.3, 0.4) is 0 Å². The molecule has 7 heteroatoms. The number of anilines is 1. The smallest absolute Gasteiger partial charge is 0.274 e. The highest BCUT2D eigenvalue weighted by Crippen LogP contribution is 2.24. The third-order valence-electron chi connectivity index (χ3n) is 3.38. The van der Waals surface area contributed by atoms with Crippen LogP contribution in [0.4, 0.5) is 5.69 Å². The first-order valence-electron chi connectivity index (χ1n) is 6.77. The number of imidazole rings is 1. The second kappa shape index (κ2) is 6.15. The third kappa shape index (κ3) is 3.22. The van der Waals surface area contributed by atoms with Gasteiger partial charge in [-0.3, -0.25) is 9.20 Å². The molecule has 1 amide bonds. The van der Waals surface area contributed by atoms with E-state index in [-0.39, 0.29) is 5.91 Å². The molecule has 1 N–H and O–H groups in total. The highest BCUT2D eigenvalue weighted by molar-refractivity contribution is 9.10. The Morgan fingerprint density at radius 3 is 2.48 bits per heavy atom. The van der Waals surface area contributed by atoms with Gasteiger partial charge in [0.05, 0.1) is 5.69 Å². The van der Waals surface area contributed by atoms with E-state index in [4.69, 9.17) is 23.2 Å². The monoisotopic (exact) mass is 411 g/mol. The van der Waals surface area contributed by atoms with E-state index in [1.165, 1.54) is 0 Å². The summed E-state index contributed by atoms with van der Waals surface area (Å²) in [6, 6.07) is 6.86. The molecule has 0 bridgehead atoms. The van der Waals surface area contributed by atoms with Gasteiger partial charge in [-0.25, -0.2) is 4.98 Å². The highest BCUT2D eigenvalue weighted by Gasteiger charge is 2.18. The molecule has 3 aromatic rings. The molecule has 2 aromatic heterocycles. The van der Waals surface area contributed by atoms with Gasteiger partial charge in [0.1, 0.15) is 11.3 Å². The van der Waals surface area contributed by atoms with Crippen LogP contribution in [0.5, 0.6) is 0 Å². The minimum atomic E-state index is -0.272. The first kappa shape index (κ1) is 16.3. The molecule has 118 valence electrons. The Hall–Kier alpha value is -1.56. The van der Waals surface area contributed by atoms with E-state index in [1.54, 1.807) is 29.5 Å². The lowest BCUT2D eigenvalue weighted by Gasteiger charge is -2.08. The number of hydrogen-bond acceptors (Lipinski definition) is 2. The van der Waals surface area contributed by atoms with Crippen LogP contribution in [0.15, 0.2) is 34.9 Å². The average molecular weight is 413 g/mol. The molecule has 4 nitrogen and oxygen atoms in total. The van der Waals surface area contributed by atoms with Gasteiger partial charge in [0.15, 0.2) is 0 Å². The molecule has 0 spiro atoms. The Bertz CT molecular complexity index is 916. The SMILES string of the molecule is Cc1nc2c(C)cc(Br)cn2c1C(=O)Nc1cc(Cl)cc(Cl)c1. The van der Waals surface area contributed by atoms with Crippen molar-refractivity contribution < 1.29 is 4.79 Å². The van der Waals surface area contributed by atoms with Gasteiger partial charge >= 0.3 is 0 Å². The van der Waals surface area contributed by atoms with Crippen molar-refractivity contribution in [3.05, 3.63) is 61.9 Å². The maximum atomic E-state index is 12.7. The van der Waals surface area contributed by atoms with Crippen molar-refractivity contribution in [3.8, 4) is 0 Å². The van der Waals surface area contributed by atoms with Gasteiger partial charge in [0, 0.05) is 26.4 Å². The number of halogens is 3. The Kier molecular flexibility index (Phi) is 4.36. The summed E-state index contributed by atoms with van der Waals surface area (Å²) in [4.78, 5) is 17.2. The molecular weight excluding hydrogens is 401 g/mol. The van der Waals surface area contributed by atoms with Crippen LogP contribution in [-0.4, -0.2) is 15.3 Å². The number of rotatable bonds is 2. The Morgan fingerprint density at radius 1 is 1.17 bits per heavy atom. The third-order valence-corrected chi connectivity index (χ3v) is 4.25. The first-order chi connectivity index (χ1) is 10.8. The number of fused-ring (bicyclic) bond motifs is 1. The van der Waals surface area contributed by atoms with E-state index < -0.39 is 0 Å². The second-order valence-corrected chi connectivity index (χ2v) is 6.98. The molecular formula is C16H12BrCl2N3O. The molecule has 0 atom stereocenters. The molecule has 1 aromatic carbocycles. The minimum Gasteiger partial charge on any atom is -0.321 e. The van der Waals surface area contributed by atoms with Crippen LogP contribution in [0.1, 0.15) is 21.7 Å². The number of nitrogens with zero attached hydrogens (tertiary/aromatic N) is 2. The van der Waals surface area contributed by atoms with Gasteiger partial charge in [0.25, 0.3) is 5.91 Å².